The van der Waals surface area contributed by atoms with E-state index in [0.717, 1.165) is 26.1 Å². The Morgan fingerprint density at radius 1 is 1.43 bits per heavy atom. The SMILES string of the molecule is COc1ccc(NCCC2CCN(C)CC2)c([N+](=O)[O-])c1. The molecule has 1 heterocycles. The van der Waals surface area contributed by atoms with Gasteiger partial charge in [0.1, 0.15) is 11.4 Å². The molecule has 0 bridgehead atoms. The summed E-state index contributed by atoms with van der Waals surface area (Å²) in [4.78, 5) is 13.1. The summed E-state index contributed by atoms with van der Waals surface area (Å²) >= 11 is 0. The first-order valence-corrected chi connectivity index (χ1v) is 7.35. The summed E-state index contributed by atoms with van der Waals surface area (Å²) in [5.41, 5.74) is 0.631. The highest BCUT2D eigenvalue weighted by Crippen LogP contribution is 2.29. The van der Waals surface area contributed by atoms with Crippen molar-refractivity contribution in [2.24, 2.45) is 5.92 Å². The average molecular weight is 293 g/mol. The van der Waals surface area contributed by atoms with Crippen molar-refractivity contribution in [2.75, 3.05) is 39.1 Å². The summed E-state index contributed by atoms with van der Waals surface area (Å²) in [6.07, 6.45) is 3.47. The van der Waals surface area contributed by atoms with Gasteiger partial charge in [-0.05, 0) is 57.5 Å². The Morgan fingerprint density at radius 2 is 2.14 bits per heavy atom. The second-order valence-corrected chi connectivity index (χ2v) is 5.60. The molecule has 0 aliphatic carbocycles. The monoisotopic (exact) mass is 293 g/mol. The van der Waals surface area contributed by atoms with Gasteiger partial charge in [-0.2, -0.15) is 0 Å². The van der Waals surface area contributed by atoms with Crippen LogP contribution in [0.2, 0.25) is 0 Å². The number of benzene rings is 1. The maximum absolute atomic E-state index is 11.1. The molecule has 2 rings (SSSR count). The third-order valence-electron chi connectivity index (χ3n) is 4.11. The van der Waals surface area contributed by atoms with Gasteiger partial charge in [-0.25, -0.2) is 0 Å². The van der Waals surface area contributed by atoms with Gasteiger partial charge >= 0.3 is 0 Å². The lowest BCUT2D eigenvalue weighted by molar-refractivity contribution is -0.384. The van der Waals surface area contributed by atoms with Crippen LogP contribution in [-0.4, -0.2) is 43.6 Å². The van der Waals surface area contributed by atoms with E-state index in [-0.39, 0.29) is 10.6 Å². The number of ether oxygens (including phenoxy) is 1. The predicted molar refractivity (Wildman–Crippen MR) is 83.0 cm³/mol. The highest BCUT2D eigenvalue weighted by Gasteiger charge is 2.18. The van der Waals surface area contributed by atoms with Crippen LogP contribution in [0.25, 0.3) is 0 Å². The van der Waals surface area contributed by atoms with Crippen LogP contribution in [0.1, 0.15) is 19.3 Å². The van der Waals surface area contributed by atoms with E-state index in [1.54, 1.807) is 12.1 Å². The molecule has 0 amide bonds. The second-order valence-electron chi connectivity index (χ2n) is 5.60. The normalized spacial score (nSPS) is 16.7. The number of hydrogen-bond acceptors (Lipinski definition) is 5. The van der Waals surface area contributed by atoms with Crippen LogP contribution in [0.5, 0.6) is 5.75 Å². The third kappa shape index (κ3) is 4.32. The lowest BCUT2D eigenvalue weighted by Gasteiger charge is -2.28. The summed E-state index contributed by atoms with van der Waals surface area (Å²) < 4.78 is 5.03. The standard InChI is InChI=1S/C15H23N3O3/c1-17-9-6-12(7-10-17)5-8-16-14-4-3-13(21-2)11-15(14)18(19)20/h3-4,11-12,16H,5-10H2,1-2H3. The highest BCUT2D eigenvalue weighted by molar-refractivity contribution is 5.63. The van der Waals surface area contributed by atoms with E-state index in [4.69, 9.17) is 4.74 Å². The smallest absolute Gasteiger partial charge is 0.296 e. The van der Waals surface area contributed by atoms with E-state index in [0.29, 0.717) is 17.4 Å². The molecule has 1 aliphatic heterocycles. The van der Waals surface area contributed by atoms with Crippen LogP contribution in [0.3, 0.4) is 0 Å². The molecule has 1 N–H and O–H groups in total. The summed E-state index contributed by atoms with van der Waals surface area (Å²) in [6.45, 7) is 3.06. The number of nitrogens with one attached hydrogen (secondary N) is 1. The van der Waals surface area contributed by atoms with Crippen molar-refractivity contribution in [1.82, 2.24) is 4.90 Å². The van der Waals surface area contributed by atoms with Crippen molar-refractivity contribution in [1.29, 1.82) is 0 Å². The fraction of sp³-hybridized carbons (Fsp3) is 0.600. The molecule has 1 aliphatic rings. The molecular formula is C15H23N3O3. The molecule has 0 radical (unpaired) electrons. The van der Waals surface area contributed by atoms with E-state index in [1.807, 2.05) is 0 Å². The Balaban J connectivity index is 1.89. The summed E-state index contributed by atoms with van der Waals surface area (Å²) in [6, 6.07) is 4.91. The van der Waals surface area contributed by atoms with Crippen molar-refractivity contribution < 1.29 is 9.66 Å². The van der Waals surface area contributed by atoms with Crippen molar-refractivity contribution in [3.8, 4) is 5.75 Å². The van der Waals surface area contributed by atoms with Gasteiger partial charge in [-0.15, -0.1) is 0 Å². The Labute approximate surface area is 125 Å². The molecule has 21 heavy (non-hydrogen) atoms. The van der Waals surface area contributed by atoms with Gasteiger partial charge in [0, 0.05) is 6.54 Å². The van der Waals surface area contributed by atoms with E-state index in [1.165, 1.54) is 26.0 Å². The fourth-order valence-corrected chi connectivity index (χ4v) is 2.70. The number of methoxy groups -OCH3 is 1. The van der Waals surface area contributed by atoms with Crippen LogP contribution in [0.4, 0.5) is 11.4 Å². The zero-order chi connectivity index (χ0) is 15.2. The minimum Gasteiger partial charge on any atom is -0.496 e. The molecule has 116 valence electrons. The minimum absolute atomic E-state index is 0.0673. The van der Waals surface area contributed by atoms with E-state index >= 15 is 0 Å². The number of hydrogen-bond donors (Lipinski definition) is 1. The Bertz CT molecular complexity index is 485. The lowest BCUT2D eigenvalue weighted by atomic mass is 9.94. The Kier molecular flexibility index (Phi) is 5.38. The van der Waals surface area contributed by atoms with Crippen molar-refractivity contribution in [3.05, 3.63) is 28.3 Å². The first-order valence-electron chi connectivity index (χ1n) is 7.35. The molecule has 0 unspecified atom stereocenters. The molecule has 1 fully saturated rings. The fourth-order valence-electron chi connectivity index (χ4n) is 2.70. The molecule has 0 atom stereocenters. The lowest BCUT2D eigenvalue weighted by Crippen LogP contribution is -2.30. The summed E-state index contributed by atoms with van der Waals surface area (Å²) in [5, 5.41) is 14.3. The van der Waals surface area contributed by atoms with Gasteiger partial charge in [-0.3, -0.25) is 10.1 Å². The largest absolute Gasteiger partial charge is 0.496 e. The Hall–Kier alpha value is -1.82. The van der Waals surface area contributed by atoms with Gasteiger partial charge < -0.3 is 15.0 Å². The number of anilines is 1. The number of rotatable bonds is 6. The van der Waals surface area contributed by atoms with Gasteiger partial charge in [-0.1, -0.05) is 0 Å². The zero-order valence-corrected chi connectivity index (χ0v) is 12.7. The number of nitro benzene ring substituents is 1. The molecule has 6 heteroatoms. The van der Waals surface area contributed by atoms with E-state index in [2.05, 4.69) is 17.3 Å². The van der Waals surface area contributed by atoms with Crippen LogP contribution in [-0.2, 0) is 0 Å². The maximum atomic E-state index is 11.1. The predicted octanol–water partition coefficient (Wildman–Crippen LogP) is 2.75. The van der Waals surface area contributed by atoms with Crippen LogP contribution in [0, 0.1) is 16.0 Å². The van der Waals surface area contributed by atoms with Crippen molar-refractivity contribution in [3.63, 3.8) is 0 Å². The minimum atomic E-state index is -0.375. The van der Waals surface area contributed by atoms with Gasteiger partial charge in [0.2, 0.25) is 0 Å². The van der Waals surface area contributed by atoms with Crippen LogP contribution >= 0.6 is 0 Å². The molecule has 0 aromatic heterocycles. The third-order valence-corrected chi connectivity index (χ3v) is 4.11. The maximum Gasteiger partial charge on any atom is 0.296 e. The number of nitrogens with zero attached hydrogens (tertiary/aromatic N) is 2. The first-order chi connectivity index (χ1) is 10.1. The number of nitro groups is 1. The van der Waals surface area contributed by atoms with Gasteiger partial charge in [0.25, 0.3) is 5.69 Å². The average Bonchev–Trinajstić information content (AvgIpc) is 2.49. The van der Waals surface area contributed by atoms with E-state index < -0.39 is 0 Å². The zero-order valence-electron chi connectivity index (χ0n) is 12.7. The van der Waals surface area contributed by atoms with Gasteiger partial charge in [0.15, 0.2) is 0 Å². The number of likely N-dealkylation sites (tertiary alicyclic amines) is 1. The quantitative estimate of drug-likeness (QED) is 0.645. The van der Waals surface area contributed by atoms with Crippen LogP contribution in [0.15, 0.2) is 18.2 Å². The second kappa shape index (κ2) is 7.26. The molecule has 0 saturated carbocycles. The van der Waals surface area contributed by atoms with Crippen molar-refractivity contribution in [2.45, 2.75) is 19.3 Å². The van der Waals surface area contributed by atoms with Gasteiger partial charge in [0.05, 0.1) is 18.1 Å². The molecule has 0 spiro atoms. The van der Waals surface area contributed by atoms with E-state index in [9.17, 15) is 10.1 Å². The summed E-state index contributed by atoms with van der Waals surface area (Å²) in [7, 11) is 3.65. The van der Waals surface area contributed by atoms with Crippen molar-refractivity contribution >= 4 is 11.4 Å². The molecular weight excluding hydrogens is 270 g/mol. The first kappa shape index (κ1) is 15.6. The topological polar surface area (TPSA) is 67.6 Å². The van der Waals surface area contributed by atoms with Crippen LogP contribution < -0.4 is 10.1 Å². The molecule has 1 aromatic rings. The highest BCUT2D eigenvalue weighted by atomic mass is 16.6. The molecule has 6 nitrogen and oxygen atoms in total. The molecule has 1 saturated heterocycles. The molecule has 1 aromatic carbocycles. The Morgan fingerprint density at radius 3 is 2.76 bits per heavy atom. The number of piperidine rings is 1. The summed E-state index contributed by atoms with van der Waals surface area (Å²) in [5.74, 6) is 1.22.